The Morgan fingerprint density at radius 2 is 1.53 bits per heavy atom. The minimum Gasteiger partial charge on any atom is -0.462 e. The lowest BCUT2D eigenvalue weighted by Crippen LogP contribution is -2.18. The lowest BCUT2D eigenvalue weighted by molar-refractivity contribution is -0.146. The number of allylic oxidation sites excluding steroid dienone is 1. The van der Waals surface area contributed by atoms with Gasteiger partial charge in [-0.3, -0.25) is 0 Å². The van der Waals surface area contributed by atoms with Crippen molar-refractivity contribution in [1.82, 2.24) is 0 Å². The minimum absolute atomic E-state index is 0.00866. The molecule has 0 heterocycles. The molecule has 0 unspecified atom stereocenters. The zero-order valence-electron chi connectivity index (χ0n) is 11.1. The first-order valence-corrected chi connectivity index (χ1v) is 6.07. The summed E-state index contributed by atoms with van der Waals surface area (Å²) in [5, 5.41) is 0. The highest BCUT2D eigenvalue weighted by atomic mass is 16.6. The van der Waals surface area contributed by atoms with Crippen molar-refractivity contribution in [2.45, 2.75) is 40.5 Å². The van der Waals surface area contributed by atoms with Gasteiger partial charge in [0.2, 0.25) is 0 Å². The first-order chi connectivity index (χ1) is 8.02. The molecule has 17 heavy (non-hydrogen) atoms. The molecule has 0 aliphatic heterocycles. The van der Waals surface area contributed by atoms with Gasteiger partial charge in [0.15, 0.2) is 0 Å². The first kappa shape index (κ1) is 15.7. The van der Waals surface area contributed by atoms with E-state index < -0.39 is 11.9 Å². The summed E-state index contributed by atoms with van der Waals surface area (Å²) < 4.78 is 9.64. The number of ether oxygens (including phenoxy) is 2. The van der Waals surface area contributed by atoms with Crippen LogP contribution in [0.4, 0.5) is 0 Å². The second-order valence-electron chi connectivity index (χ2n) is 4.03. The summed E-state index contributed by atoms with van der Waals surface area (Å²) in [6.45, 7) is 8.08. The average Bonchev–Trinajstić information content (AvgIpc) is 2.24. The zero-order chi connectivity index (χ0) is 13.3. The zero-order valence-corrected chi connectivity index (χ0v) is 11.1. The van der Waals surface area contributed by atoms with Crippen LogP contribution in [0.25, 0.3) is 0 Å². The first-order valence-electron chi connectivity index (χ1n) is 6.07. The van der Waals surface area contributed by atoms with Crippen LogP contribution in [0.1, 0.15) is 40.5 Å². The fraction of sp³-hybridized carbons (Fsp3) is 0.692. The normalized spacial score (nSPS) is 9.94. The van der Waals surface area contributed by atoms with E-state index in [4.69, 9.17) is 9.47 Å². The molecule has 0 aromatic rings. The molecule has 0 saturated heterocycles. The van der Waals surface area contributed by atoms with Crippen LogP contribution in [-0.4, -0.2) is 25.2 Å². The van der Waals surface area contributed by atoms with Crippen molar-refractivity contribution >= 4 is 11.9 Å². The molecular formula is C13H22O4. The highest BCUT2D eigenvalue weighted by molar-refractivity contribution is 6.14. The summed E-state index contributed by atoms with van der Waals surface area (Å²) in [4.78, 5) is 23.1. The fourth-order valence-corrected chi connectivity index (χ4v) is 1.23. The fourth-order valence-electron chi connectivity index (χ4n) is 1.23. The smallest absolute Gasteiger partial charge is 0.345 e. The molecule has 0 aliphatic carbocycles. The molecule has 0 saturated carbocycles. The van der Waals surface area contributed by atoms with Crippen molar-refractivity contribution in [2.24, 2.45) is 5.92 Å². The Morgan fingerprint density at radius 3 is 1.88 bits per heavy atom. The van der Waals surface area contributed by atoms with Gasteiger partial charge in [0.05, 0.1) is 13.2 Å². The molecule has 0 spiro atoms. The number of hydrogen-bond acceptors (Lipinski definition) is 4. The van der Waals surface area contributed by atoms with Gasteiger partial charge in [-0.25, -0.2) is 9.59 Å². The molecule has 4 heteroatoms. The van der Waals surface area contributed by atoms with E-state index in [9.17, 15) is 9.59 Å². The molecule has 0 aliphatic rings. The standard InChI is InChI=1S/C13H22O4/c1-5-16-12(14)11(13(15)17-6-2)9-7-8-10(3)4/h9-10H,5-8H2,1-4H3. The third-order valence-electron chi connectivity index (χ3n) is 2.08. The highest BCUT2D eigenvalue weighted by Gasteiger charge is 2.20. The molecule has 0 atom stereocenters. The summed E-state index contributed by atoms with van der Waals surface area (Å²) >= 11 is 0. The van der Waals surface area contributed by atoms with Crippen molar-refractivity contribution in [1.29, 1.82) is 0 Å². The molecule has 0 fully saturated rings. The van der Waals surface area contributed by atoms with Crippen LogP contribution in [-0.2, 0) is 19.1 Å². The molecule has 0 aromatic carbocycles. The van der Waals surface area contributed by atoms with Crippen LogP contribution in [0.5, 0.6) is 0 Å². The molecule has 0 bridgehead atoms. The predicted octanol–water partition coefficient (Wildman–Crippen LogP) is 2.48. The van der Waals surface area contributed by atoms with Gasteiger partial charge in [-0.2, -0.15) is 0 Å². The summed E-state index contributed by atoms with van der Waals surface area (Å²) in [6.07, 6.45) is 3.20. The van der Waals surface area contributed by atoms with E-state index in [1.165, 1.54) is 0 Å². The van der Waals surface area contributed by atoms with Crippen LogP contribution in [0.15, 0.2) is 11.6 Å². The van der Waals surface area contributed by atoms with Gasteiger partial charge >= 0.3 is 11.9 Å². The van der Waals surface area contributed by atoms with E-state index in [-0.39, 0.29) is 18.8 Å². The maximum atomic E-state index is 11.5. The average molecular weight is 242 g/mol. The Hall–Kier alpha value is -1.32. The Balaban J connectivity index is 4.59. The van der Waals surface area contributed by atoms with Gasteiger partial charge < -0.3 is 9.47 Å². The molecule has 0 N–H and O–H groups in total. The molecule has 0 aromatic heterocycles. The van der Waals surface area contributed by atoms with E-state index in [1.807, 2.05) is 0 Å². The van der Waals surface area contributed by atoms with Crippen LogP contribution < -0.4 is 0 Å². The van der Waals surface area contributed by atoms with Crippen molar-refractivity contribution in [2.75, 3.05) is 13.2 Å². The SMILES string of the molecule is CCOC(=O)C(=CCCC(C)C)C(=O)OCC. The van der Waals surface area contributed by atoms with Gasteiger partial charge in [0.25, 0.3) is 0 Å². The predicted molar refractivity (Wildman–Crippen MR) is 65.4 cm³/mol. The van der Waals surface area contributed by atoms with E-state index in [2.05, 4.69) is 13.8 Å². The van der Waals surface area contributed by atoms with E-state index in [0.29, 0.717) is 12.3 Å². The molecule has 98 valence electrons. The Bertz CT molecular complexity index is 259. The largest absolute Gasteiger partial charge is 0.462 e. The number of carbonyl (C=O) groups is 2. The summed E-state index contributed by atoms with van der Waals surface area (Å²) in [7, 11) is 0. The van der Waals surface area contributed by atoms with Gasteiger partial charge in [-0.1, -0.05) is 19.9 Å². The third kappa shape index (κ3) is 6.76. The molecule has 0 rings (SSSR count). The van der Waals surface area contributed by atoms with Gasteiger partial charge in [-0.05, 0) is 32.6 Å². The maximum absolute atomic E-state index is 11.5. The van der Waals surface area contributed by atoms with Crippen LogP contribution in [0.3, 0.4) is 0 Å². The van der Waals surface area contributed by atoms with Crippen LogP contribution in [0, 0.1) is 5.92 Å². The Morgan fingerprint density at radius 1 is 1.06 bits per heavy atom. The van der Waals surface area contributed by atoms with Crippen LogP contribution >= 0.6 is 0 Å². The third-order valence-corrected chi connectivity index (χ3v) is 2.08. The van der Waals surface area contributed by atoms with E-state index in [1.54, 1.807) is 19.9 Å². The number of carbonyl (C=O) groups excluding carboxylic acids is 2. The maximum Gasteiger partial charge on any atom is 0.345 e. The number of esters is 2. The molecule has 0 amide bonds. The summed E-state index contributed by atoms with van der Waals surface area (Å²) in [6, 6.07) is 0. The molecular weight excluding hydrogens is 220 g/mol. The number of hydrogen-bond donors (Lipinski definition) is 0. The minimum atomic E-state index is -0.602. The van der Waals surface area contributed by atoms with Gasteiger partial charge in [-0.15, -0.1) is 0 Å². The molecule has 4 nitrogen and oxygen atoms in total. The lowest BCUT2D eigenvalue weighted by atomic mass is 10.1. The van der Waals surface area contributed by atoms with Gasteiger partial charge in [0.1, 0.15) is 5.57 Å². The van der Waals surface area contributed by atoms with Crippen molar-refractivity contribution < 1.29 is 19.1 Å². The molecule has 0 radical (unpaired) electrons. The second kappa shape index (κ2) is 8.79. The lowest BCUT2D eigenvalue weighted by Gasteiger charge is -2.07. The summed E-state index contributed by atoms with van der Waals surface area (Å²) in [5.41, 5.74) is 0.00866. The summed E-state index contributed by atoms with van der Waals surface area (Å²) in [5.74, 6) is -0.679. The Kier molecular flexibility index (Phi) is 8.11. The Labute approximate surface area is 103 Å². The van der Waals surface area contributed by atoms with Crippen molar-refractivity contribution in [3.8, 4) is 0 Å². The van der Waals surface area contributed by atoms with E-state index in [0.717, 1.165) is 6.42 Å². The second-order valence-corrected chi connectivity index (χ2v) is 4.03. The van der Waals surface area contributed by atoms with Crippen molar-refractivity contribution in [3.05, 3.63) is 11.6 Å². The highest BCUT2D eigenvalue weighted by Crippen LogP contribution is 2.09. The monoisotopic (exact) mass is 242 g/mol. The van der Waals surface area contributed by atoms with Crippen molar-refractivity contribution in [3.63, 3.8) is 0 Å². The quantitative estimate of drug-likeness (QED) is 0.298. The number of rotatable bonds is 7. The van der Waals surface area contributed by atoms with Crippen LogP contribution in [0.2, 0.25) is 0 Å². The van der Waals surface area contributed by atoms with Gasteiger partial charge in [0, 0.05) is 0 Å². The topological polar surface area (TPSA) is 52.6 Å². The van der Waals surface area contributed by atoms with E-state index >= 15 is 0 Å².